The van der Waals surface area contributed by atoms with Crippen molar-refractivity contribution in [2.75, 3.05) is 6.54 Å². The summed E-state index contributed by atoms with van der Waals surface area (Å²) in [6.45, 7) is 1.68. The highest BCUT2D eigenvalue weighted by Crippen LogP contribution is 2.21. The molecule has 0 saturated carbocycles. The number of sulfonamides is 1. The Labute approximate surface area is 199 Å². The van der Waals surface area contributed by atoms with Crippen molar-refractivity contribution in [3.8, 4) is 0 Å². The molecule has 0 aliphatic carbocycles. The van der Waals surface area contributed by atoms with Crippen LogP contribution in [0.1, 0.15) is 24.1 Å². The van der Waals surface area contributed by atoms with Crippen LogP contribution in [0.4, 0.5) is 0 Å². The fourth-order valence-corrected chi connectivity index (χ4v) is 4.96. The first-order valence-electron chi connectivity index (χ1n) is 9.60. The van der Waals surface area contributed by atoms with Gasteiger partial charge in [-0.25, -0.2) is 8.42 Å². The van der Waals surface area contributed by atoms with Crippen molar-refractivity contribution in [2.45, 2.75) is 24.4 Å². The van der Waals surface area contributed by atoms with Gasteiger partial charge in [-0.1, -0.05) is 74.3 Å². The molecule has 3 rings (SSSR count). The van der Waals surface area contributed by atoms with E-state index in [1.807, 2.05) is 61.5 Å². The van der Waals surface area contributed by atoms with Crippen molar-refractivity contribution in [3.05, 3.63) is 98.9 Å². The summed E-state index contributed by atoms with van der Waals surface area (Å²) >= 11 is 6.72. The molecule has 5 nitrogen and oxygen atoms in total. The Kier molecular flexibility index (Phi) is 8.05. The fraction of sp³-hybridized carbons (Fsp3) is 0.174. The summed E-state index contributed by atoms with van der Waals surface area (Å²) in [6, 6.07) is 23.0. The summed E-state index contributed by atoms with van der Waals surface area (Å²) < 4.78 is 29.5. The van der Waals surface area contributed by atoms with E-state index in [4.69, 9.17) is 0 Å². The Bertz CT molecular complexity index is 1120. The first-order chi connectivity index (χ1) is 14.8. The Morgan fingerprint density at radius 1 is 0.903 bits per heavy atom. The standard InChI is InChI=1S/C23H22Br2N2O3S/c1-17(19-7-9-20(24)10-8-19)26-23(28)16-27(15-18-5-3-2-4-6-18)31(29,30)22-13-11-21(25)12-14-22/h2-14,17H,15-16H2,1H3,(H,26,28). The maximum atomic E-state index is 13.3. The van der Waals surface area contributed by atoms with Gasteiger partial charge in [0.2, 0.25) is 15.9 Å². The van der Waals surface area contributed by atoms with Gasteiger partial charge in [-0.2, -0.15) is 4.31 Å². The minimum Gasteiger partial charge on any atom is -0.348 e. The molecule has 8 heteroatoms. The van der Waals surface area contributed by atoms with Crippen LogP contribution in [0.5, 0.6) is 0 Å². The molecule has 0 aliphatic rings. The number of halogens is 2. The second kappa shape index (κ2) is 10.5. The summed E-state index contributed by atoms with van der Waals surface area (Å²) in [5.41, 5.74) is 1.74. The lowest BCUT2D eigenvalue weighted by molar-refractivity contribution is -0.122. The largest absolute Gasteiger partial charge is 0.348 e. The first-order valence-corrected chi connectivity index (χ1v) is 12.6. The number of carbonyl (C=O) groups is 1. The molecule has 0 heterocycles. The minimum absolute atomic E-state index is 0.0965. The van der Waals surface area contributed by atoms with E-state index >= 15 is 0 Å². The van der Waals surface area contributed by atoms with Gasteiger partial charge < -0.3 is 5.32 Å². The predicted octanol–water partition coefficient (Wildman–Crippen LogP) is 5.28. The van der Waals surface area contributed by atoms with Gasteiger partial charge in [0.25, 0.3) is 0 Å². The molecule has 0 spiro atoms. The van der Waals surface area contributed by atoms with Crippen LogP contribution in [0.25, 0.3) is 0 Å². The Balaban J connectivity index is 1.81. The number of nitrogens with one attached hydrogen (secondary N) is 1. The molecular weight excluding hydrogens is 544 g/mol. The lowest BCUT2D eigenvalue weighted by atomic mass is 10.1. The van der Waals surface area contributed by atoms with Gasteiger partial charge in [0.1, 0.15) is 0 Å². The molecule has 1 atom stereocenters. The van der Waals surface area contributed by atoms with Crippen LogP contribution in [0.15, 0.2) is 92.7 Å². The Morgan fingerprint density at radius 3 is 2.03 bits per heavy atom. The normalized spacial score (nSPS) is 12.5. The van der Waals surface area contributed by atoms with Crippen molar-refractivity contribution in [3.63, 3.8) is 0 Å². The molecular formula is C23H22Br2N2O3S. The van der Waals surface area contributed by atoms with Crippen LogP contribution >= 0.6 is 31.9 Å². The zero-order chi connectivity index (χ0) is 22.4. The van der Waals surface area contributed by atoms with E-state index in [0.29, 0.717) is 0 Å². The smallest absolute Gasteiger partial charge is 0.243 e. The monoisotopic (exact) mass is 564 g/mol. The van der Waals surface area contributed by atoms with Crippen molar-refractivity contribution in [1.29, 1.82) is 0 Å². The van der Waals surface area contributed by atoms with Crippen LogP contribution in [-0.2, 0) is 21.4 Å². The summed E-state index contributed by atoms with van der Waals surface area (Å²) in [4.78, 5) is 12.9. The van der Waals surface area contributed by atoms with Gasteiger partial charge >= 0.3 is 0 Å². The minimum atomic E-state index is -3.87. The maximum Gasteiger partial charge on any atom is 0.243 e. The maximum absolute atomic E-state index is 13.3. The lowest BCUT2D eigenvalue weighted by Gasteiger charge is -2.23. The van der Waals surface area contributed by atoms with Gasteiger partial charge in [0.15, 0.2) is 0 Å². The number of hydrogen-bond donors (Lipinski definition) is 1. The van der Waals surface area contributed by atoms with Crippen LogP contribution in [-0.4, -0.2) is 25.2 Å². The van der Waals surface area contributed by atoms with Crippen LogP contribution in [0.2, 0.25) is 0 Å². The summed E-state index contributed by atoms with van der Waals surface area (Å²) in [6.07, 6.45) is 0. The van der Waals surface area contributed by atoms with Crippen LogP contribution in [0, 0.1) is 0 Å². The Morgan fingerprint density at radius 2 is 1.45 bits per heavy atom. The van der Waals surface area contributed by atoms with Gasteiger partial charge in [-0.3, -0.25) is 4.79 Å². The summed E-state index contributed by atoms with van der Waals surface area (Å²) in [5.74, 6) is -0.368. The number of nitrogens with zero attached hydrogens (tertiary/aromatic N) is 1. The van der Waals surface area contributed by atoms with Gasteiger partial charge in [0.05, 0.1) is 17.5 Å². The van der Waals surface area contributed by atoms with E-state index in [2.05, 4.69) is 37.2 Å². The topological polar surface area (TPSA) is 66.5 Å². The van der Waals surface area contributed by atoms with Gasteiger partial charge in [-0.15, -0.1) is 0 Å². The predicted molar refractivity (Wildman–Crippen MR) is 129 cm³/mol. The number of benzene rings is 3. The van der Waals surface area contributed by atoms with Crippen LogP contribution < -0.4 is 5.32 Å². The van der Waals surface area contributed by atoms with Crippen LogP contribution in [0.3, 0.4) is 0 Å². The van der Waals surface area contributed by atoms with E-state index < -0.39 is 10.0 Å². The number of rotatable bonds is 8. The average molecular weight is 566 g/mol. The summed E-state index contributed by atoms with van der Waals surface area (Å²) in [7, 11) is -3.87. The quantitative estimate of drug-likeness (QED) is 0.404. The molecule has 0 aromatic heterocycles. The second-order valence-corrected chi connectivity index (χ2v) is 10.8. The third kappa shape index (κ3) is 6.49. The van der Waals surface area contributed by atoms with E-state index in [1.165, 1.54) is 16.4 Å². The van der Waals surface area contributed by atoms with Crippen molar-refractivity contribution >= 4 is 47.8 Å². The zero-order valence-electron chi connectivity index (χ0n) is 16.8. The molecule has 0 aliphatic heterocycles. The highest BCUT2D eigenvalue weighted by atomic mass is 79.9. The number of hydrogen-bond acceptors (Lipinski definition) is 3. The van der Waals surface area contributed by atoms with Gasteiger partial charge in [-0.05, 0) is 54.4 Å². The average Bonchev–Trinajstić information content (AvgIpc) is 2.74. The molecule has 3 aromatic rings. The Hall–Kier alpha value is -2.00. The highest BCUT2D eigenvalue weighted by molar-refractivity contribution is 9.10. The van der Waals surface area contributed by atoms with E-state index in [0.717, 1.165) is 20.1 Å². The molecule has 0 saturated heterocycles. The molecule has 1 amide bonds. The lowest BCUT2D eigenvalue weighted by Crippen LogP contribution is -2.41. The van der Waals surface area contributed by atoms with Crippen molar-refractivity contribution in [1.82, 2.24) is 9.62 Å². The molecule has 0 radical (unpaired) electrons. The third-order valence-corrected chi connectivity index (χ3v) is 7.58. The second-order valence-electron chi connectivity index (χ2n) is 7.05. The van der Waals surface area contributed by atoms with E-state index in [9.17, 15) is 13.2 Å². The summed E-state index contributed by atoms with van der Waals surface area (Å²) in [5, 5.41) is 2.90. The zero-order valence-corrected chi connectivity index (χ0v) is 20.8. The molecule has 1 N–H and O–H groups in total. The highest BCUT2D eigenvalue weighted by Gasteiger charge is 2.27. The number of amides is 1. The van der Waals surface area contributed by atoms with E-state index in [1.54, 1.807) is 12.1 Å². The SMILES string of the molecule is CC(NC(=O)CN(Cc1ccccc1)S(=O)(=O)c1ccc(Br)cc1)c1ccc(Br)cc1. The van der Waals surface area contributed by atoms with E-state index in [-0.39, 0.29) is 29.9 Å². The molecule has 31 heavy (non-hydrogen) atoms. The first kappa shape index (κ1) is 23.7. The van der Waals surface area contributed by atoms with Crippen molar-refractivity contribution in [2.24, 2.45) is 0 Å². The molecule has 162 valence electrons. The fourth-order valence-electron chi connectivity index (χ4n) is 3.05. The van der Waals surface area contributed by atoms with Crippen molar-refractivity contribution < 1.29 is 13.2 Å². The number of carbonyl (C=O) groups excluding carboxylic acids is 1. The molecule has 3 aromatic carbocycles. The van der Waals surface area contributed by atoms with Gasteiger partial charge in [0, 0.05) is 15.5 Å². The molecule has 0 bridgehead atoms. The third-order valence-electron chi connectivity index (χ3n) is 4.72. The molecule has 0 fully saturated rings. The molecule has 1 unspecified atom stereocenters.